The minimum absolute atomic E-state index is 0.0245. The Morgan fingerprint density at radius 1 is 1.47 bits per heavy atom. The van der Waals surface area contributed by atoms with E-state index >= 15 is 0 Å². The van der Waals surface area contributed by atoms with Gasteiger partial charge < -0.3 is 10.5 Å². The first-order valence-electron chi connectivity index (χ1n) is 5.73. The van der Waals surface area contributed by atoms with Crippen LogP contribution in [0.5, 0.6) is 5.75 Å². The second-order valence-corrected chi connectivity index (χ2v) is 3.84. The maximum atomic E-state index is 13.2. The fourth-order valence-corrected chi connectivity index (χ4v) is 1.46. The van der Waals surface area contributed by atoms with Crippen LogP contribution in [-0.4, -0.2) is 12.6 Å². The zero-order valence-corrected chi connectivity index (χ0v) is 10.3. The van der Waals surface area contributed by atoms with E-state index < -0.39 is 0 Å². The lowest BCUT2D eigenvalue weighted by Gasteiger charge is -2.13. The summed E-state index contributed by atoms with van der Waals surface area (Å²) in [5.41, 5.74) is 6.68. The lowest BCUT2D eigenvalue weighted by Crippen LogP contribution is -2.21. The van der Waals surface area contributed by atoms with Crippen molar-refractivity contribution in [2.75, 3.05) is 6.61 Å². The third-order valence-electron chi connectivity index (χ3n) is 2.51. The number of nitrogens with two attached hydrogens (primary N) is 1. The second-order valence-electron chi connectivity index (χ2n) is 3.84. The van der Waals surface area contributed by atoms with Crippen LogP contribution >= 0.6 is 0 Å². The van der Waals surface area contributed by atoms with Crippen LogP contribution in [-0.2, 0) is 6.42 Å². The van der Waals surface area contributed by atoms with E-state index in [1.807, 2.05) is 6.92 Å². The average molecular weight is 235 g/mol. The van der Waals surface area contributed by atoms with Gasteiger partial charge in [-0.2, -0.15) is 0 Å². The SMILES string of the molecule is CC#CCOc1ccc(F)cc1CC(N)CC. The molecule has 0 heterocycles. The standard InChI is InChI=1S/C14H18FNO/c1-3-5-8-17-14-7-6-12(15)9-11(14)10-13(16)4-2/h6-7,9,13H,4,8,10,16H2,1-2H3. The lowest BCUT2D eigenvalue weighted by molar-refractivity contribution is 0.363. The minimum Gasteiger partial charge on any atom is -0.481 e. The maximum Gasteiger partial charge on any atom is 0.149 e. The molecule has 0 aromatic heterocycles. The molecule has 3 heteroatoms. The van der Waals surface area contributed by atoms with Crippen molar-refractivity contribution in [1.29, 1.82) is 0 Å². The van der Waals surface area contributed by atoms with Crippen LogP contribution in [0.2, 0.25) is 0 Å². The molecule has 1 aromatic carbocycles. The van der Waals surface area contributed by atoms with Crippen LogP contribution in [0.3, 0.4) is 0 Å². The lowest BCUT2D eigenvalue weighted by atomic mass is 10.0. The van der Waals surface area contributed by atoms with Crippen molar-refractivity contribution >= 4 is 0 Å². The number of benzene rings is 1. The molecule has 0 aliphatic rings. The van der Waals surface area contributed by atoms with Gasteiger partial charge >= 0.3 is 0 Å². The summed E-state index contributed by atoms with van der Waals surface area (Å²) < 4.78 is 18.6. The Morgan fingerprint density at radius 2 is 2.24 bits per heavy atom. The molecular weight excluding hydrogens is 217 g/mol. The summed E-state index contributed by atoms with van der Waals surface area (Å²) >= 11 is 0. The molecule has 0 amide bonds. The number of ether oxygens (including phenoxy) is 1. The monoisotopic (exact) mass is 235 g/mol. The van der Waals surface area contributed by atoms with Crippen molar-refractivity contribution < 1.29 is 9.13 Å². The molecule has 92 valence electrons. The number of halogens is 1. The van der Waals surface area contributed by atoms with Crippen LogP contribution < -0.4 is 10.5 Å². The Kier molecular flexibility index (Phi) is 5.51. The highest BCUT2D eigenvalue weighted by Crippen LogP contribution is 2.21. The molecule has 0 saturated heterocycles. The van der Waals surface area contributed by atoms with Crippen molar-refractivity contribution in [3.63, 3.8) is 0 Å². The van der Waals surface area contributed by atoms with E-state index in [2.05, 4.69) is 11.8 Å². The second kappa shape index (κ2) is 6.93. The Hall–Kier alpha value is -1.53. The van der Waals surface area contributed by atoms with E-state index in [9.17, 15) is 4.39 Å². The highest BCUT2D eigenvalue weighted by atomic mass is 19.1. The predicted octanol–water partition coefficient (Wildman–Crippen LogP) is 2.51. The minimum atomic E-state index is -0.266. The van der Waals surface area contributed by atoms with Gasteiger partial charge in [-0.1, -0.05) is 12.8 Å². The van der Waals surface area contributed by atoms with Crippen molar-refractivity contribution in [2.24, 2.45) is 5.73 Å². The van der Waals surface area contributed by atoms with E-state index in [-0.39, 0.29) is 11.9 Å². The Bertz CT molecular complexity index is 420. The quantitative estimate of drug-likeness (QED) is 0.796. The summed E-state index contributed by atoms with van der Waals surface area (Å²) in [6.07, 6.45) is 1.47. The van der Waals surface area contributed by atoms with Gasteiger partial charge in [-0.3, -0.25) is 0 Å². The van der Waals surface area contributed by atoms with Crippen LogP contribution in [0, 0.1) is 17.7 Å². The van der Waals surface area contributed by atoms with Gasteiger partial charge in [0, 0.05) is 6.04 Å². The first-order valence-corrected chi connectivity index (χ1v) is 5.73. The summed E-state index contributed by atoms with van der Waals surface area (Å²) in [7, 11) is 0. The molecule has 0 fully saturated rings. The molecule has 2 N–H and O–H groups in total. The molecule has 0 radical (unpaired) electrons. The van der Waals surface area contributed by atoms with Gasteiger partial charge in [-0.15, -0.1) is 5.92 Å². The molecule has 1 aromatic rings. The van der Waals surface area contributed by atoms with Crippen molar-refractivity contribution in [3.8, 4) is 17.6 Å². The van der Waals surface area contributed by atoms with E-state index in [0.29, 0.717) is 18.8 Å². The summed E-state index contributed by atoms with van der Waals surface area (Å²) in [5.74, 6) is 5.95. The summed E-state index contributed by atoms with van der Waals surface area (Å²) in [5, 5.41) is 0. The van der Waals surface area contributed by atoms with Crippen molar-refractivity contribution in [1.82, 2.24) is 0 Å². The molecule has 1 rings (SSSR count). The topological polar surface area (TPSA) is 35.2 Å². The normalized spacial score (nSPS) is 11.5. The van der Waals surface area contributed by atoms with Crippen LogP contribution in [0.15, 0.2) is 18.2 Å². The Balaban J connectivity index is 2.82. The molecule has 0 aliphatic carbocycles. The summed E-state index contributed by atoms with van der Waals surface area (Å²) in [4.78, 5) is 0. The van der Waals surface area contributed by atoms with E-state index in [4.69, 9.17) is 10.5 Å². The Morgan fingerprint density at radius 3 is 2.88 bits per heavy atom. The zero-order chi connectivity index (χ0) is 12.7. The van der Waals surface area contributed by atoms with Gasteiger partial charge in [-0.05, 0) is 43.5 Å². The van der Waals surface area contributed by atoms with E-state index in [0.717, 1.165) is 12.0 Å². The fourth-order valence-electron chi connectivity index (χ4n) is 1.46. The third-order valence-corrected chi connectivity index (χ3v) is 2.51. The van der Waals surface area contributed by atoms with Crippen molar-refractivity contribution in [2.45, 2.75) is 32.7 Å². The first kappa shape index (κ1) is 13.5. The molecule has 0 bridgehead atoms. The number of rotatable bonds is 5. The molecular formula is C14H18FNO. The highest BCUT2D eigenvalue weighted by Gasteiger charge is 2.09. The van der Waals surface area contributed by atoms with Gasteiger partial charge in [0.2, 0.25) is 0 Å². The average Bonchev–Trinajstić information content (AvgIpc) is 2.32. The fraction of sp³-hybridized carbons (Fsp3) is 0.429. The van der Waals surface area contributed by atoms with E-state index in [1.165, 1.54) is 12.1 Å². The van der Waals surface area contributed by atoms with Gasteiger partial charge in [-0.25, -0.2) is 4.39 Å². The smallest absolute Gasteiger partial charge is 0.149 e. The molecule has 0 spiro atoms. The predicted molar refractivity (Wildman–Crippen MR) is 67.3 cm³/mol. The number of hydrogen-bond donors (Lipinski definition) is 1. The highest BCUT2D eigenvalue weighted by molar-refractivity contribution is 5.35. The molecule has 0 saturated carbocycles. The molecule has 1 unspecified atom stereocenters. The Labute approximate surface area is 102 Å². The maximum absolute atomic E-state index is 13.2. The first-order chi connectivity index (χ1) is 8.17. The summed E-state index contributed by atoms with van der Waals surface area (Å²) in [6, 6.07) is 4.51. The third kappa shape index (κ3) is 4.46. The van der Waals surface area contributed by atoms with Gasteiger partial charge in [0.05, 0.1) is 0 Å². The zero-order valence-electron chi connectivity index (χ0n) is 10.3. The van der Waals surface area contributed by atoms with Gasteiger partial charge in [0.1, 0.15) is 18.2 Å². The van der Waals surface area contributed by atoms with E-state index in [1.54, 1.807) is 13.0 Å². The molecule has 2 nitrogen and oxygen atoms in total. The van der Waals surface area contributed by atoms with Crippen LogP contribution in [0.4, 0.5) is 4.39 Å². The summed E-state index contributed by atoms with van der Waals surface area (Å²) in [6.45, 7) is 4.07. The van der Waals surface area contributed by atoms with Gasteiger partial charge in [0.15, 0.2) is 0 Å². The molecule has 0 aliphatic heterocycles. The van der Waals surface area contributed by atoms with Crippen LogP contribution in [0.25, 0.3) is 0 Å². The van der Waals surface area contributed by atoms with Crippen molar-refractivity contribution in [3.05, 3.63) is 29.6 Å². The molecule has 17 heavy (non-hydrogen) atoms. The largest absolute Gasteiger partial charge is 0.481 e. The number of hydrogen-bond acceptors (Lipinski definition) is 2. The van der Waals surface area contributed by atoms with Crippen LogP contribution in [0.1, 0.15) is 25.8 Å². The van der Waals surface area contributed by atoms with Gasteiger partial charge in [0.25, 0.3) is 0 Å². The molecule has 1 atom stereocenters.